The summed E-state index contributed by atoms with van der Waals surface area (Å²) in [7, 11) is -7.13. The number of amides is 1. The lowest BCUT2D eigenvalue weighted by Crippen LogP contribution is -2.51. The third-order valence-electron chi connectivity index (χ3n) is 5.25. The predicted molar refractivity (Wildman–Crippen MR) is 97.8 cm³/mol. The minimum atomic E-state index is -3.98. The third kappa shape index (κ3) is 4.17. The van der Waals surface area contributed by atoms with E-state index in [1.807, 2.05) is 0 Å². The minimum Gasteiger partial charge on any atom is -0.341 e. The van der Waals surface area contributed by atoms with Crippen molar-refractivity contribution in [3.63, 3.8) is 0 Å². The van der Waals surface area contributed by atoms with Crippen LogP contribution < -0.4 is 0 Å². The summed E-state index contributed by atoms with van der Waals surface area (Å²) < 4.78 is 63.7. The van der Waals surface area contributed by atoms with Crippen molar-refractivity contribution in [3.05, 3.63) is 30.1 Å². The van der Waals surface area contributed by atoms with Gasteiger partial charge >= 0.3 is 0 Å². The molecular weight excluding hydrogens is 395 g/mol. The van der Waals surface area contributed by atoms with E-state index in [0.29, 0.717) is 38.8 Å². The van der Waals surface area contributed by atoms with Crippen LogP contribution in [-0.2, 0) is 24.7 Å². The van der Waals surface area contributed by atoms with Gasteiger partial charge in [-0.1, -0.05) is 6.07 Å². The molecule has 150 valence electrons. The molecule has 2 heterocycles. The summed E-state index contributed by atoms with van der Waals surface area (Å²) in [5.74, 6) is -0.958. The molecule has 0 spiro atoms. The average molecular weight is 419 g/mol. The quantitative estimate of drug-likeness (QED) is 0.728. The van der Waals surface area contributed by atoms with E-state index in [0.717, 1.165) is 16.4 Å². The van der Waals surface area contributed by atoms with E-state index in [-0.39, 0.29) is 17.3 Å². The molecule has 1 atom stereocenters. The molecule has 1 amide bonds. The Hall–Kier alpha value is -1.52. The van der Waals surface area contributed by atoms with Gasteiger partial charge in [0, 0.05) is 25.9 Å². The van der Waals surface area contributed by atoms with Crippen molar-refractivity contribution in [2.75, 3.05) is 25.9 Å². The Morgan fingerprint density at radius 2 is 1.74 bits per heavy atom. The number of nitrogens with zero attached hydrogens (tertiary/aromatic N) is 2. The monoisotopic (exact) mass is 418 g/mol. The van der Waals surface area contributed by atoms with E-state index in [1.54, 1.807) is 4.90 Å². The molecule has 1 aromatic carbocycles. The predicted octanol–water partition coefficient (Wildman–Crippen LogP) is 1.01. The highest BCUT2D eigenvalue weighted by atomic mass is 32.2. The molecule has 2 aliphatic heterocycles. The fourth-order valence-corrected chi connectivity index (χ4v) is 6.50. The zero-order valence-corrected chi connectivity index (χ0v) is 16.7. The van der Waals surface area contributed by atoms with Gasteiger partial charge in [0.15, 0.2) is 0 Å². The number of sulfonamides is 1. The molecule has 2 fully saturated rings. The molecule has 0 N–H and O–H groups in total. The Kier molecular flexibility index (Phi) is 5.60. The average Bonchev–Trinajstić information content (AvgIpc) is 3.11. The maximum Gasteiger partial charge on any atom is 0.243 e. The number of likely N-dealkylation sites (tertiary alicyclic amines) is 1. The first-order valence-corrected chi connectivity index (χ1v) is 12.3. The molecule has 3 rings (SSSR count). The number of sulfone groups is 1. The fourth-order valence-electron chi connectivity index (χ4n) is 3.75. The Labute approximate surface area is 159 Å². The van der Waals surface area contributed by atoms with Gasteiger partial charge in [-0.2, -0.15) is 4.31 Å². The normalized spacial score (nSPS) is 22.9. The number of benzene rings is 1. The van der Waals surface area contributed by atoms with Crippen LogP contribution in [0.3, 0.4) is 0 Å². The molecule has 27 heavy (non-hydrogen) atoms. The summed E-state index contributed by atoms with van der Waals surface area (Å²) in [4.78, 5) is 14.3. The largest absolute Gasteiger partial charge is 0.341 e. The smallest absolute Gasteiger partial charge is 0.243 e. The van der Waals surface area contributed by atoms with Crippen LogP contribution in [0, 0.1) is 5.82 Å². The van der Waals surface area contributed by atoms with Crippen LogP contribution >= 0.6 is 0 Å². The molecular formula is C17H23FN2O5S2. The van der Waals surface area contributed by atoms with E-state index < -0.39 is 37.0 Å². The van der Waals surface area contributed by atoms with Crippen molar-refractivity contribution < 1.29 is 26.0 Å². The number of carbonyl (C=O) groups excluding carboxylic acids is 1. The van der Waals surface area contributed by atoms with Crippen molar-refractivity contribution in [1.29, 1.82) is 0 Å². The summed E-state index contributed by atoms with van der Waals surface area (Å²) in [6.45, 7) is 0.789. The first-order valence-electron chi connectivity index (χ1n) is 8.86. The number of hydrogen-bond donors (Lipinski definition) is 0. The Balaban J connectivity index is 1.76. The highest BCUT2D eigenvalue weighted by Crippen LogP contribution is 2.29. The summed E-state index contributed by atoms with van der Waals surface area (Å²) in [6.07, 6.45) is 2.85. The number of halogens is 1. The number of piperidine rings is 1. The van der Waals surface area contributed by atoms with Crippen LogP contribution in [-0.4, -0.2) is 69.1 Å². The second-order valence-electron chi connectivity index (χ2n) is 7.09. The zero-order valence-electron chi connectivity index (χ0n) is 15.0. The van der Waals surface area contributed by atoms with Gasteiger partial charge in [-0.05, 0) is 43.9 Å². The molecule has 1 unspecified atom stereocenters. The van der Waals surface area contributed by atoms with E-state index in [2.05, 4.69) is 0 Å². The number of carbonyl (C=O) groups is 1. The standard InChI is InChI=1S/C17H23FN2O5S2/c1-26(22,23)14-7-10-19(11-8-14)17(21)16-6-3-9-20(16)27(24,25)15-5-2-4-13(18)12-15/h2,4-5,12,14,16H,3,6-11H2,1H3. The van der Waals surface area contributed by atoms with E-state index >= 15 is 0 Å². The molecule has 0 saturated carbocycles. The van der Waals surface area contributed by atoms with Gasteiger partial charge < -0.3 is 4.90 Å². The van der Waals surface area contributed by atoms with E-state index in [9.17, 15) is 26.0 Å². The lowest BCUT2D eigenvalue weighted by Gasteiger charge is -2.34. The van der Waals surface area contributed by atoms with Crippen molar-refractivity contribution >= 4 is 25.8 Å². The number of hydrogen-bond acceptors (Lipinski definition) is 5. The van der Waals surface area contributed by atoms with E-state index in [1.165, 1.54) is 18.4 Å². The Bertz CT molecular complexity index is 924. The fraction of sp³-hybridized carbons (Fsp3) is 0.588. The lowest BCUT2D eigenvalue weighted by molar-refractivity contribution is -0.135. The second-order valence-corrected chi connectivity index (χ2v) is 11.3. The first kappa shape index (κ1) is 20.2. The van der Waals surface area contributed by atoms with Crippen LogP contribution in [0.4, 0.5) is 4.39 Å². The molecule has 10 heteroatoms. The molecule has 2 aliphatic rings. The van der Waals surface area contributed by atoms with Gasteiger partial charge in [0.25, 0.3) is 0 Å². The third-order valence-corrected chi connectivity index (χ3v) is 8.84. The van der Waals surface area contributed by atoms with Gasteiger partial charge in [0.2, 0.25) is 15.9 Å². The van der Waals surface area contributed by atoms with Gasteiger partial charge in [-0.15, -0.1) is 0 Å². The molecule has 0 bridgehead atoms. The number of rotatable bonds is 4. The first-order chi connectivity index (χ1) is 12.6. The van der Waals surface area contributed by atoms with Crippen LogP contribution in [0.2, 0.25) is 0 Å². The van der Waals surface area contributed by atoms with Crippen LogP contribution in [0.15, 0.2) is 29.2 Å². The molecule has 7 nitrogen and oxygen atoms in total. The molecule has 1 aromatic rings. The molecule has 2 saturated heterocycles. The van der Waals surface area contributed by atoms with E-state index in [4.69, 9.17) is 0 Å². The Morgan fingerprint density at radius 3 is 2.33 bits per heavy atom. The van der Waals surface area contributed by atoms with Crippen LogP contribution in [0.25, 0.3) is 0 Å². The van der Waals surface area contributed by atoms with Crippen LogP contribution in [0.5, 0.6) is 0 Å². The van der Waals surface area contributed by atoms with Crippen molar-refractivity contribution in [1.82, 2.24) is 9.21 Å². The highest BCUT2D eigenvalue weighted by molar-refractivity contribution is 7.91. The topological polar surface area (TPSA) is 91.8 Å². The summed E-state index contributed by atoms with van der Waals surface area (Å²) in [6, 6.07) is 3.93. The van der Waals surface area contributed by atoms with Crippen molar-refractivity contribution in [3.8, 4) is 0 Å². The second kappa shape index (κ2) is 7.48. The summed E-state index contributed by atoms with van der Waals surface area (Å²) in [5, 5.41) is -0.461. The Morgan fingerprint density at radius 1 is 1.07 bits per heavy atom. The molecule has 0 radical (unpaired) electrons. The van der Waals surface area contributed by atoms with Gasteiger partial charge in [-0.25, -0.2) is 21.2 Å². The van der Waals surface area contributed by atoms with Crippen LogP contribution in [0.1, 0.15) is 25.7 Å². The lowest BCUT2D eigenvalue weighted by atomic mass is 10.1. The maximum atomic E-state index is 13.5. The minimum absolute atomic E-state index is 0.169. The highest BCUT2D eigenvalue weighted by Gasteiger charge is 2.42. The maximum absolute atomic E-state index is 13.5. The summed E-state index contributed by atoms with van der Waals surface area (Å²) >= 11 is 0. The zero-order chi connectivity index (χ0) is 19.8. The molecule has 0 aromatic heterocycles. The van der Waals surface area contributed by atoms with Crippen molar-refractivity contribution in [2.24, 2.45) is 0 Å². The molecule has 0 aliphatic carbocycles. The van der Waals surface area contributed by atoms with Gasteiger partial charge in [0.05, 0.1) is 10.1 Å². The van der Waals surface area contributed by atoms with Crippen molar-refractivity contribution in [2.45, 2.75) is 41.9 Å². The summed E-state index contributed by atoms with van der Waals surface area (Å²) in [5.41, 5.74) is 0. The SMILES string of the molecule is CS(=O)(=O)C1CCN(C(=O)C2CCCN2S(=O)(=O)c2cccc(F)c2)CC1. The van der Waals surface area contributed by atoms with Gasteiger partial charge in [-0.3, -0.25) is 4.79 Å². The van der Waals surface area contributed by atoms with Gasteiger partial charge in [0.1, 0.15) is 21.7 Å².